The zero-order valence-electron chi connectivity index (χ0n) is 20.7. The maximum atomic E-state index is 13.5. The van der Waals surface area contributed by atoms with Crippen molar-refractivity contribution in [1.29, 1.82) is 0 Å². The third-order valence-electron chi connectivity index (χ3n) is 5.09. The van der Waals surface area contributed by atoms with E-state index in [1.165, 1.54) is 42.3 Å². The largest absolute Gasteiger partial charge is 0.427 e. The lowest BCUT2D eigenvalue weighted by Gasteiger charge is -2.17. The fourth-order valence-electron chi connectivity index (χ4n) is 2.93. The molecule has 0 aliphatic heterocycles. The fraction of sp³-hybridized carbons (Fsp3) is 0.240. The van der Waals surface area contributed by atoms with Gasteiger partial charge in [0.05, 0.1) is 21.6 Å². The van der Waals surface area contributed by atoms with Crippen molar-refractivity contribution in [3.05, 3.63) is 75.9 Å². The Labute approximate surface area is 220 Å². The summed E-state index contributed by atoms with van der Waals surface area (Å²) in [5.41, 5.74) is -0.460. The first-order chi connectivity index (χ1) is 17.8. The Morgan fingerprint density at radius 2 is 1.66 bits per heavy atom. The summed E-state index contributed by atoms with van der Waals surface area (Å²) in [6.45, 7) is 4.47. The van der Waals surface area contributed by atoms with E-state index in [-0.39, 0.29) is 27.7 Å². The second-order valence-corrected chi connectivity index (χ2v) is 9.42. The Balaban J connectivity index is 1.60. The van der Waals surface area contributed by atoms with Crippen LogP contribution in [0.2, 0.25) is 5.02 Å². The molecule has 3 rings (SSSR count). The number of hydrogen-bond donors (Lipinski definition) is 2. The number of amides is 2. The Morgan fingerprint density at radius 3 is 2.29 bits per heavy atom. The highest BCUT2D eigenvalue weighted by Crippen LogP contribution is 2.22. The summed E-state index contributed by atoms with van der Waals surface area (Å²) in [4.78, 5) is 50.4. The number of halogens is 3. The lowest BCUT2D eigenvalue weighted by molar-refractivity contribution is -0.161. The van der Waals surface area contributed by atoms with Gasteiger partial charge in [0.1, 0.15) is 5.69 Å². The molecule has 1 heterocycles. The highest BCUT2D eigenvalue weighted by Gasteiger charge is 2.24. The van der Waals surface area contributed by atoms with Gasteiger partial charge in [0, 0.05) is 18.8 Å². The average molecular weight is 549 g/mol. The van der Waals surface area contributed by atoms with Gasteiger partial charge >= 0.3 is 11.9 Å². The second kappa shape index (κ2) is 11.4. The molecule has 0 aliphatic carbocycles. The molecule has 0 aliphatic rings. The molecule has 3 aromatic rings. The first-order valence-electron chi connectivity index (χ1n) is 11.0. The summed E-state index contributed by atoms with van der Waals surface area (Å²) < 4.78 is 36.6. The highest BCUT2D eigenvalue weighted by atomic mass is 35.5. The number of hydrogen-bond acceptors (Lipinski definition) is 7. The number of esters is 2. The van der Waals surface area contributed by atoms with Crippen LogP contribution in [0.3, 0.4) is 0 Å². The molecule has 13 heteroatoms. The third kappa shape index (κ3) is 6.71. The number of carbonyl (C=O) groups is 4. The SMILES string of the molecule is CN(C(=O)c1cc(NC(=O)c2cc(F)c(F)cc2Cl)n[nH]1)c1ccc(C(=O)OCOC(=O)C(C)(C)C)cc1. The number of carbonyl (C=O) groups excluding carboxylic acids is 4. The van der Waals surface area contributed by atoms with Crippen molar-refractivity contribution in [3.63, 3.8) is 0 Å². The van der Waals surface area contributed by atoms with Crippen LogP contribution in [0.5, 0.6) is 0 Å². The standard InChI is InChI=1S/C25H23ClF2N4O6/c1-25(2,3)24(36)38-12-37-23(35)13-5-7-14(8-6-13)32(4)22(34)19-11-20(31-30-19)29-21(33)15-9-17(27)18(28)10-16(15)26/h5-11H,12H2,1-4H3,(H2,29,30,31,33). The van der Waals surface area contributed by atoms with E-state index in [0.717, 1.165) is 0 Å². The molecule has 0 bridgehead atoms. The van der Waals surface area contributed by atoms with Gasteiger partial charge in [0.2, 0.25) is 6.79 Å². The monoisotopic (exact) mass is 548 g/mol. The van der Waals surface area contributed by atoms with Gasteiger partial charge in [-0.05, 0) is 57.2 Å². The van der Waals surface area contributed by atoms with Crippen molar-refractivity contribution in [1.82, 2.24) is 10.2 Å². The Kier molecular flexibility index (Phi) is 8.46. The first kappa shape index (κ1) is 28.3. The molecule has 200 valence electrons. The van der Waals surface area contributed by atoms with Gasteiger partial charge in [-0.15, -0.1) is 0 Å². The topological polar surface area (TPSA) is 131 Å². The van der Waals surface area contributed by atoms with Crippen LogP contribution in [-0.4, -0.2) is 47.8 Å². The van der Waals surface area contributed by atoms with E-state index < -0.39 is 47.6 Å². The molecular formula is C25H23ClF2N4O6. The van der Waals surface area contributed by atoms with Gasteiger partial charge in [-0.2, -0.15) is 5.10 Å². The zero-order chi connectivity index (χ0) is 28.2. The molecule has 0 unspecified atom stereocenters. The minimum absolute atomic E-state index is 0.00309. The number of nitrogens with zero attached hydrogens (tertiary/aromatic N) is 2. The van der Waals surface area contributed by atoms with Crippen LogP contribution in [0.25, 0.3) is 0 Å². The van der Waals surface area contributed by atoms with E-state index in [9.17, 15) is 28.0 Å². The molecule has 0 atom stereocenters. The van der Waals surface area contributed by atoms with Crippen molar-refractivity contribution < 1.29 is 37.4 Å². The van der Waals surface area contributed by atoms with E-state index in [1.807, 2.05) is 0 Å². The van der Waals surface area contributed by atoms with Crippen LogP contribution in [0.1, 0.15) is 52.0 Å². The van der Waals surface area contributed by atoms with Crippen molar-refractivity contribution in [2.45, 2.75) is 20.8 Å². The summed E-state index contributed by atoms with van der Waals surface area (Å²) in [7, 11) is 1.47. The number of rotatable bonds is 7. The number of benzene rings is 2. The molecule has 2 amide bonds. The molecule has 2 aromatic carbocycles. The van der Waals surface area contributed by atoms with Gasteiger partial charge in [-0.3, -0.25) is 19.5 Å². The highest BCUT2D eigenvalue weighted by molar-refractivity contribution is 6.34. The van der Waals surface area contributed by atoms with Crippen LogP contribution in [0, 0.1) is 17.0 Å². The molecule has 10 nitrogen and oxygen atoms in total. The molecular weight excluding hydrogens is 526 g/mol. The maximum absolute atomic E-state index is 13.5. The van der Waals surface area contributed by atoms with E-state index in [1.54, 1.807) is 20.8 Å². The van der Waals surface area contributed by atoms with E-state index in [2.05, 4.69) is 15.5 Å². The fourth-order valence-corrected chi connectivity index (χ4v) is 3.17. The first-order valence-corrected chi connectivity index (χ1v) is 11.4. The van der Waals surface area contributed by atoms with Crippen LogP contribution in [0.15, 0.2) is 42.5 Å². The van der Waals surface area contributed by atoms with Crippen molar-refractivity contribution >= 4 is 46.9 Å². The number of ether oxygens (including phenoxy) is 2. The molecule has 2 N–H and O–H groups in total. The normalized spacial score (nSPS) is 11.0. The van der Waals surface area contributed by atoms with Crippen LogP contribution in [0.4, 0.5) is 20.3 Å². The minimum Gasteiger partial charge on any atom is -0.427 e. The Bertz CT molecular complexity index is 1390. The van der Waals surface area contributed by atoms with Gasteiger partial charge < -0.3 is 19.7 Å². The summed E-state index contributed by atoms with van der Waals surface area (Å²) in [5, 5.41) is 8.35. The summed E-state index contributed by atoms with van der Waals surface area (Å²) in [6.07, 6.45) is 0. The van der Waals surface area contributed by atoms with E-state index in [4.69, 9.17) is 21.1 Å². The van der Waals surface area contributed by atoms with Crippen molar-refractivity contribution in [2.75, 3.05) is 24.1 Å². The predicted molar refractivity (Wildman–Crippen MR) is 133 cm³/mol. The second-order valence-electron chi connectivity index (χ2n) is 9.01. The van der Waals surface area contributed by atoms with Gasteiger partial charge in [-0.25, -0.2) is 13.6 Å². The molecule has 0 radical (unpaired) electrons. The lowest BCUT2D eigenvalue weighted by atomic mass is 9.98. The number of anilines is 2. The van der Waals surface area contributed by atoms with Crippen LogP contribution >= 0.6 is 11.6 Å². The third-order valence-corrected chi connectivity index (χ3v) is 5.40. The summed E-state index contributed by atoms with van der Waals surface area (Å²) in [5.74, 6) is -5.14. The average Bonchev–Trinajstić information content (AvgIpc) is 3.33. The Hall–Kier alpha value is -4.32. The number of H-pyrrole nitrogens is 1. The Morgan fingerprint density at radius 1 is 1.03 bits per heavy atom. The van der Waals surface area contributed by atoms with Crippen LogP contribution in [-0.2, 0) is 14.3 Å². The maximum Gasteiger partial charge on any atom is 0.341 e. The number of aromatic amines is 1. The van der Waals surface area contributed by atoms with Crippen LogP contribution < -0.4 is 10.2 Å². The number of aromatic nitrogens is 2. The smallest absolute Gasteiger partial charge is 0.341 e. The van der Waals surface area contributed by atoms with Gasteiger partial charge in [0.25, 0.3) is 11.8 Å². The van der Waals surface area contributed by atoms with E-state index in [0.29, 0.717) is 17.8 Å². The predicted octanol–water partition coefficient (Wildman–Crippen LogP) is 4.57. The molecule has 38 heavy (non-hydrogen) atoms. The molecule has 1 aromatic heterocycles. The molecule has 0 saturated carbocycles. The quantitative estimate of drug-likeness (QED) is 0.251. The molecule has 0 saturated heterocycles. The van der Waals surface area contributed by atoms with Crippen molar-refractivity contribution in [2.24, 2.45) is 5.41 Å². The van der Waals surface area contributed by atoms with Gasteiger partial charge in [-0.1, -0.05) is 11.6 Å². The van der Waals surface area contributed by atoms with E-state index >= 15 is 0 Å². The zero-order valence-corrected chi connectivity index (χ0v) is 21.5. The lowest BCUT2D eigenvalue weighted by Crippen LogP contribution is -2.26. The van der Waals surface area contributed by atoms with Gasteiger partial charge in [0.15, 0.2) is 17.5 Å². The summed E-state index contributed by atoms with van der Waals surface area (Å²) in [6, 6.07) is 8.42. The minimum atomic E-state index is -1.25. The summed E-state index contributed by atoms with van der Waals surface area (Å²) >= 11 is 5.81. The number of nitrogens with one attached hydrogen (secondary N) is 2. The van der Waals surface area contributed by atoms with Crippen molar-refractivity contribution in [3.8, 4) is 0 Å². The molecule has 0 fully saturated rings. The molecule has 0 spiro atoms.